The van der Waals surface area contributed by atoms with Gasteiger partial charge in [0, 0.05) is 25.1 Å². The van der Waals surface area contributed by atoms with Crippen molar-refractivity contribution in [3.8, 4) is 5.75 Å². The average Bonchev–Trinajstić information content (AvgIpc) is 2.96. The molecule has 21 heavy (non-hydrogen) atoms. The van der Waals surface area contributed by atoms with Crippen molar-refractivity contribution >= 4 is 5.91 Å². The van der Waals surface area contributed by atoms with Crippen LogP contribution in [-0.2, 0) is 4.79 Å². The van der Waals surface area contributed by atoms with E-state index in [-0.39, 0.29) is 18.3 Å². The molecule has 1 amide bonds. The van der Waals surface area contributed by atoms with Gasteiger partial charge in [-0.3, -0.25) is 4.79 Å². The number of nitrogens with one attached hydrogen (secondary N) is 2. The summed E-state index contributed by atoms with van der Waals surface area (Å²) in [5, 5.41) is 6.16. The molecule has 0 aliphatic carbocycles. The second-order valence-corrected chi connectivity index (χ2v) is 5.12. The van der Waals surface area contributed by atoms with Gasteiger partial charge in [-0.1, -0.05) is 0 Å². The van der Waals surface area contributed by atoms with Crippen LogP contribution in [0.5, 0.6) is 5.75 Å². The molecule has 6 heteroatoms. The van der Waals surface area contributed by atoms with E-state index in [1.54, 1.807) is 0 Å². The molecule has 1 aromatic rings. The highest BCUT2D eigenvalue weighted by Gasteiger charge is 2.14. The van der Waals surface area contributed by atoms with E-state index in [1.165, 1.54) is 6.07 Å². The molecular formula is C15H20F2N2O2. The van der Waals surface area contributed by atoms with E-state index in [1.807, 2.05) is 0 Å². The molecule has 2 N–H and O–H groups in total. The molecule has 1 aliphatic heterocycles. The minimum Gasteiger partial charge on any atom is -0.491 e. The quantitative estimate of drug-likeness (QED) is 0.757. The number of hydrogen-bond acceptors (Lipinski definition) is 3. The van der Waals surface area contributed by atoms with Gasteiger partial charge in [0.05, 0.1) is 6.61 Å². The van der Waals surface area contributed by atoms with Crippen LogP contribution >= 0.6 is 0 Å². The third-order valence-corrected chi connectivity index (χ3v) is 3.41. The van der Waals surface area contributed by atoms with Crippen molar-refractivity contribution < 1.29 is 18.3 Å². The van der Waals surface area contributed by atoms with E-state index >= 15 is 0 Å². The van der Waals surface area contributed by atoms with Gasteiger partial charge in [0.15, 0.2) is 11.6 Å². The Balaban J connectivity index is 1.59. The molecule has 1 heterocycles. The summed E-state index contributed by atoms with van der Waals surface area (Å²) in [5.41, 5.74) is 0. The summed E-state index contributed by atoms with van der Waals surface area (Å²) >= 11 is 0. The van der Waals surface area contributed by atoms with Crippen molar-refractivity contribution in [1.29, 1.82) is 0 Å². The zero-order chi connectivity index (χ0) is 15.1. The average molecular weight is 298 g/mol. The summed E-state index contributed by atoms with van der Waals surface area (Å²) in [4.78, 5) is 11.6. The van der Waals surface area contributed by atoms with Crippen LogP contribution in [0.4, 0.5) is 8.78 Å². The fourth-order valence-corrected chi connectivity index (χ4v) is 2.26. The van der Waals surface area contributed by atoms with Gasteiger partial charge in [-0.25, -0.2) is 8.78 Å². The summed E-state index contributed by atoms with van der Waals surface area (Å²) in [6.07, 6.45) is 3.06. The Hall–Kier alpha value is -1.69. The van der Waals surface area contributed by atoms with Crippen molar-refractivity contribution in [1.82, 2.24) is 10.6 Å². The Kier molecular flexibility index (Phi) is 5.92. The lowest BCUT2D eigenvalue weighted by atomic mass is 10.2. The standard InChI is InChI=1S/C15H20F2N2O2/c16-11-5-6-14(13(17)9-11)21-8-2-4-15(20)19-10-12-3-1-7-18-12/h5-6,9,12,18H,1-4,7-8,10H2,(H,19,20). The van der Waals surface area contributed by atoms with E-state index in [9.17, 15) is 13.6 Å². The van der Waals surface area contributed by atoms with Gasteiger partial charge < -0.3 is 15.4 Å². The topological polar surface area (TPSA) is 50.4 Å². The second-order valence-electron chi connectivity index (χ2n) is 5.12. The Bertz CT molecular complexity index is 477. The minimum atomic E-state index is -0.730. The molecule has 0 saturated carbocycles. The van der Waals surface area contributed by atoms with E-state index in [0.29, 0.717) is 25.4 Å². The highest BCUT2D eigenvalue weighted by Crippen LogP contribution is 2.17. The van der Waals surface area contributed by atoms with E-state index in [4.69, 9.17) is 4.74 Å². The molecular weight excluding hydrogens is 278 g/mol. The molecule has 1 unspecified atom stereocenters. The van der Waals surface area contributed by atoms with Crippen LogP contribution in [0.15, 0.2) is 18.2 Å². The van der Waals surface area contributed by atoms with Crippen molar-refractivity contribution in [2.24, 2.45) is 0 Å². The first-order valence-corrected chi connectivity index (χ1v) is 7.23. The zero-order valence-corrected chi connectivity index (χ0v) is 11.8. The predicted molar refractivity (Wildman–Crippen MR) is 75.1 cm³/mol. The maximum atomic E-state index is 13.3. The van der Waals surface area contributed by atoms with Gasteiger partial charge in [0.2, 0.25) is 5.91 Å². The molecule has 116 valence electrons. The maximum absolute atomic E-state index is 13.3. The summed E-state index contributed by atoms with van der Waals surface area (Å²) < 4.78 is 31.2. The normalized spacial score (nSPS) is 17.7. The molecule has 0 bridgehead atoms. The number of amides is 1. The van der Waals surface area contributed by atoms with Crippen LogP contribution in [0.1, 0.15) is 25.7 Å². The number of benzene rings is 1. The molecule has 0 radical (unpaired) electrons. The van der Waals surface area contributed by atoms with Crippen LogP contribution in [-0.4, -0.2) is 31.6 Å². The zero-order valence-electron chi connectivity index (χ0n) is 11.8. The van der Waals surface area contributed by atoms with Gasteiger partial charge in [-0.15, -0.1) is 0 Å². The first kappa shape index (κ1) is 15.7. The first-order valence-electron chi connectivity index (χ1n) is 7.23. The minimum absolute atomic E-state index is 0.00645. The van der Waals surface area contributed by atoms with Crippen LogP contribution in [0.2, 0.25) is 0 Å². The smallest absolute Gasteiger partial charge is 0.220 e. The largest absolute Gasteiger partial charge is 0.491 e. The van der Waals surface area contributed by atoms with Crippen LogP contribution in [0, 0.1) is 11.6 Å². The van der Waals surface area contributed by atoms with Crippen molar-refractivity contribution in [2.75, 3.05) is 19.7 Å². The molecule has 1 saturated heterocycles. The summed E-state index contributed by atoms with van der Waals surface area (Å²) in [6, 6.07) is 3.53. The van der Waals surface area contributed by atoms with Gasteiger partial charge >= 0.3 is 0 Å². The highest BCUT2D eigenvalue weighted by atomic mass is 19.1. The monoisotopic (exact) mass is 298 g/mol. The number of ether oxygens (including phenoxy) is 1. The molecule has 1 fully saturated rings. The van der Waals surface area contributed by atoms with Gasteiger partial charge in [0.25, 0.3) is 0 Å². The third kappa shape index (κ3) is 5.30. The third-order valence-electron chi connectivity index (χ3n) is 3.41. The van der Waals surface area contributed by atoms with Gasteiger partial charge in [0.1, 0.15) is 5.82 Å². The molecule has 1 aromatic carbocycles. The van der Waals surface area contributed by atoms with Crippen molar-refractivity contribution in [3.63, 3.8) is 0 Å². The van der Waals surface area contributed by atoms with E-state index < -0.39 is 11.6 Å². The lowest BCUT2D eigenvalue weighted by Gasteiger charge is -2.11. The van der Waals surface area contributed by atoms with Crippen LogP contribution in [0.3, 0.4) is 0 Å². The Labute approximate surface area is 122 Å². The van der Waals surface area contributed by atoms with Crippen LogP contribution < -0.4 is 15.4 Å². The fourth-order valence-electron chi connectivity index (χ4n) is 2.26. The van der Waals surface area contributed by atoms with Crippen LogP contribution in [0.25, 0.3) is 0 Å². The number of halogens is 2. The number of carbonyl (C=O) groups is 1. The molecule has 1 atom stereocenters. The SMILES string of the molecule is O=C(CCCOc1ccc(F)cc1F)NCC1CCCN1. The Morgan fingerprint density at radius 3 is 3.00 bits per heavy atom. The highest BCUT2D eigenvalue weighted by molar-refractivity contribution is 5.75. The molecule has 0 spiro atoms. The van der Waals surface area contributed by atoms with Gasteiger partial charge in [-0.2, -0.15) is 0 Å². The Morgan fingerprint density at radius 2 is 2.29 bits per heavy atom. The fraction of sp³-hybridized carbons (Fsp3) is 0.533. The molecule has 4 nitrogen and oxygen atoms in total. The number of rotatable bonds is 7. The lowest BCUT2D eigenvalue weighted by Crippen LogP contribution is -2.37. The van der Waals surface area contributed by atoms with Crippen molar-refractivity contribution in [2.45, 2.75) is 31.7 Å². The van der Waals surface area contributed by atoms with Crippen molar-refractivity contribution in [3.05, 3.63) is 29.8 Å². The molecule has 2 rings (SSSR count). The maximum Gasteiger partial charge on any atom is 0.220 e. The van der Waals surface area contributed by atoms with Gasteiger partial charge in [-0.05, 0) is 37.9 Å². The number of carbonyl (C=O) groups excluding carboxylic acids is 1. The number of hydrogen-bond donors (Lipinski definition) is 2. The molecule has 1 aliphatic rings. The van der Waals surface area contributed by atoms with E-state index in [2.05, 4.69) is 10.6 Å². The molecule has 0 aromatic heterocycles. The summed E-state index contributed by atoms with van der Waals surface area (Å²) in [5.74, 6) is -1.40. The van der Waals surface area contributed by atoms with E-state index in [0.717, 1.165) is 31.5 Å². The predicted octanol–water partition coefficient (Wildman–Crippen LogP) is 1.99. The second kappa shape index (κ2) is 7.93. The first-order chi connectivity index (χ1) is 10.1. The Morgan fingerprint density at radius 1 is 1.43 bits per heavy atom. The summed E-state index contributed by atoms with van der Waals surface area (Å²) in [6.45, 7) is 1.88. The summed E-state index contributed by atoms with van der Waals surface area (Å²) in [7, 11) is 0. The lowest BCUT2D eigenvalue weighted by molar-refractivity contribution is -0.121.